The van der Waals surface area contributed by atoms with Gasteiger partial charge in [0.05, 0.1) is 29.4 Å². The summed E-state index contributed by atoms with van der Waals surface area (Å²) in [6, 6.07) is 28.0. The number of fused-ring (bicyclic) bond motifs is 3. The Hall–Kier alpha value is -6.32. The van der Waals surface area contributed by atoms with E-state index in [0.29, 0.717) is 46.2 Å². The molecular weight excluding hydrogens is 558 g/mol. The summed E-state index contributed by atoms with van der Waals surface area (Å²) in [5.74, 6) is 3.70. The van der Waals surface area contributed by atoms with Crippen LogP contribution in [0.4, 0.5) is 5.69 Å². The summed E-state index contributed by atoms with van der Waals surface area (Å²) in [7, 11) is 0. The van der Waals surface area contributed by atoms with E-state index in [1.54, 1.807) is 6.07 Å². The van der Waals surface area contributed by atoms with E-state index in [4.69, 9.17) is 16.5 Å². The van der Waals surface area contributed by atoms with E-state index in [9.17, 15) is 5.26 Å². The molecule has 0 spiro atoms. The highest BCUT2D eigenvalue weighted by Gasteiger charge is 2.20. The number of aromatic nitrogens is 7. The summed E-state index contributed by atoms with van der Waals surface area (Å²) in [5, 5.41) is 11.7. The highest BCUT2D eigenvalue weighted by Crippen LogP contribution is 2.39. The number of nitrogens with zero attached hydrogens (tertiary/aromatic N) is 9. The van der Waals surface area contributed by atoms with Crippen molar-refractivity contribution in [1.29, 1.82) is 5.26 Å². The quantitative estimate of drug-likeness (QED) is 0.194. The second kappa shape index (κ2) is 10.7. The first kappa shape index (κ1) is 27.5. The number of hydrogen-bond acceptors (Lipinski definition) is 7. The Morgan fingerprint density at radius 2 is 1.27 bits per heavy atom. The summed E-state index contributed by atoms with van der Waals surface area (Å²) in [6.07, 6.45) is 0. The van der Waals surface area contributed by atoms with Gasteiger partial charge < -0.3 is 4.57 Å². The van der Waals surface area contributed by atoms with Crippen LogP contribution < -0.4 is 0 Å². The van der Waals surface area contributed by atoms with Crippen molar-refractivity contribution in [2.45, 2.75) is 27.7 Å². The smallest absolute Gasteiger partial charge is 0.189 e. The first-order valence-electron chi connectivity index (χ1n) is 14.3. The molecule has 7 aromatic rings. The van der Waals surface area contributed by atoms with Crippen molar-refractivity contribution in [3.8, 4) is 45.7 Å². The Labute approximate surface area is 259 Å². The van der Waals surface area contributed by atoms with Crippen LogP contribution in [-0.4, -0.2) is 34.5 Å². The highest BCUT2D eigenvalue weighted by molar-refractivity contribution is 6.11. The fraction of sp³-hybridized carbons (Fsp3) is 0.111. The third-order valence-electron chi connectivity index (χ3n) is 7.64. The monoisotopic (exact) mass is 583 g/mol. The van der Waals surface area contributed by atoms with Crippen LogP contribution in [0.15, 0.2) is 78.9 Å². The Balaban J connectivity index is 1.51. The lowest BCUT2D eigenvalue weighted by molar-refractivity contribution is 0.924. The average molecular weight is 584 g/mol. The van der Waals surface area contributed by atoms with Gasteiger partial charge in [0.2, 0.25) is 0 Å². The van der Waals surface area contributed by atoms with E-state index >= 15 is 0 Å². The molecule has 4 aromatic carbocycles. The molecule has 0 N–H and O–H groups in total. The lowest BCUT2D eigenvalue weighted by Crippen LogP contribution is -2.04. The predicted octanol–water partition coefficient (Wildman–Crippen LogP) is 7.81. The van der Waals surface area contributed by atoms with Crippen molar-refractivity contribution in [2.24, 2.45) is 0 Å². The maximum atomic E-state index is 9.56. The van der Waals surface area contributed by atoms with Gasteiger partial charge in [-0.3, -0.25) is 0 Å². The first-order chi connectivity index (χ1) is 21.8. The van der Waals surface area contributed by atoms with E-state index < -0.39 is 0 Å². The van der Waals surface area contributed by atoms with Crippen LogP contribution in [0.25, 0.3) is 66.2 Å². The van der Waals surface area contributed by atoms with Crippen LogP contribution in [0.1, 0.15) is 28.9 Å². The summed E-state index contributed by atoms with van der Waals surface area (Å²) in [5.41, 5.74) is 7.18. The lowest BCUT2D eigenvalue weighted by atomic mass is 10.00. The Morgan fingerprint density at radius 3 is 1.96 bits per heavy atom. The number of para-hydroxylation sites is 1. The van der Waals surface area contributed by atoms with E-state index in [0.717, 1.165) is 49.7 Å². The molecule has 0 amide bonds. The highest BCUT2D eigenvalue weighted by atomic mass is 15.0. The molecule has 3 aromatic heterocycles. The van der Waals surface area contributed by atoms with Crippen LogP contribution >= 0.6 is 0 Å². The zero-order chi connectivity index (χ0) is 31.2. The molecule has 0 fully saturated rings. The molecule has 0 radical (unpaired) electrons. The molecular formula is C36H25N9. The first-order valence-corrected chi connectivity index (χ1v) is 14.3. The molecule has 0 saturated heterocycles. The van der Waals surface area contributed by atoms with Crippen LogP contribution in [0, 0.1) is 45.6 Å². The van der Waals surface area contributed by atoms with Crippen LogP contribution in [0.3, 0.4) is 0 Å². The molecule has 0 atom stereocenters. The van der Waals surface area contributed by atoms with E-state index in [2.05, 4.69) is 65.7 Å². The Bertz CT molecular complexity index is 2340. The van der Waals surface area contributed by atoms with Gasteiger partial charge in [-0.1, -0.05) is 24.3 Å². The third kappa shape index (κ3) is 4.93. The molecule has 3 heterocycles. The standard InChI is InChI=1S/C36H25N9/c1-20-39-21(2)42-35(41-20)26-11-13-34(31(18-26)36-43-22(3)40-23(4)44-36)45-32-9-7-6-8-29(32)30-17-25(10-12-33(30)45)27-14-24(19-37)15-28(16-27)38-5/h6-18H,1-4H3. The summed E-state index contributed by atoms with van der Waals surface area (Å²) in [4.78, 5) is 31.1. The van der Waals surface area contributed by atoms with Gasteiger partial charge in [0.1, 0.15) is 23.3 Å². The topological polar surface area (TPSA) is 110 Å². The van der Waals surface area contributed by atoms with Crippen LogP contribution in [0.5, 0.6) is 0 Å². The molecule has 45 heavy (non-hydrogen) atoms. The van der Waals surface area contributed by atoms with E-state index in [1.807, 2.05) is 70.2 Å². The maximum Gasteiger partial charge on any atom is 0.189 e. The van der Waals surface area contributed by atoms with Gasteiger partial charge in [-0.05, 0) is 93.4 Å². The number of rotatable bonds is 4. The minimum atomic E-state index is 0.433. The minimum Gasteiger partial charge on any atom is -0.309 e. The van der Waals surface area contributed by atoms with Crippen molar-refractivity contribution in [2.75, 3.05) is 0 Å². The number of aryl methyl sites for hydroxylation is 4. The minimum absolute atomic E-state index is 0.433. The molecule has 0 aliphatic carbocycles. The van der Waals surface area contributed by atoms with Crippen molar-refractivity contribution >= 4 is 27.5 Å². The maximum absolute atomic E-state index is 9.56. The molecule has 0 aliphatic heterocycles. The van der Waals surface area contributed by atoms with Gasteiger partial charge in [0, 0.05) is 27.5 Å². The predicted molar refractivity (Wildman–Crippen MR) is 174 cm³/mol. The SMILES string of the molecule is [C-]#[N+]c1cc(C#N)cc(-c2ccc3c(c2)c2ccccc2n3-c2ccc(-c3nc(C)nc(C)n3)cc2-c2nc(C)nc(C)n2)c1. The lowest BCUT2D eigenvalue weighted by Gasteiger charge is -2.15. The summed E-state index contributed by atoms with van der Waals surface area (Å²) in [6.45, 7) is 15.0. The Morgan fingerprint density at radius 1 is 0.622 bits per heavy atom. The average Bonchev–Trinajstić information content (AvgIpc) is 3.37. The molecule has 214 valence electrons. The molecule has 0 unspecified atom stereocenters. The van der Waals surface area contributed by atoms with Crippen molar-refractivity contribution in [3.63, 3.8) is 0 Å². The molecule has 7 rings (SSSR count). The summed E-state index contributed by atoms with van der Waals surface area (Å²) >= 11 is 0. The fourth-order valence-corrected chi connectivity index (χ4v) is 5.85. The Kier molecular flexibility index (Phi) is 6.57. The molecule has 0 saturated carbocycles. The van der Waals surface area contributed by atoms with Gasteiger partial charge in [0.25, 0.3) is 0 Å². The van der Waals surface area contributed by atoms with Gasteiger partial charge >= 0.3 is 0 Å². The van der Waals surface area contributed by atoms with E-state index in [-0.39, 0.29) is 0 Å². The summed E-state index contributed by atoms with van der Waals surface area (Å²) < 4.78 is 2.22. The number of benzene rings is 4. The zero-order valence-corrected chi connectivity index (χ0v) is 25.0. The second-order valence-electron chi connectivity index (χ2n) is 10.8. The van der Waals surface area contributed by atoms with Crippen LogP contribution in [-0.2, 0) is 0 Å². The zero-order valence-electron chi connectivity index (χ0n) is 25.0. The largest absolute Gasteiger partial charge is 0.309 e. The van der Waals surface area contributed by atoms with E-state index in [1.165, 1.54) is 0 Å². The van der Waals surface area contributed by atoms with Crippen molar-refractivity contribution in [1.82, 2.24) is 34.5 Å². The van der Waals surface area contributed by atoms with Gasteiger partial charge in [0.15, 0.2) is 17.3 Å². The molecule has 0 aliphatic rings. The molecule has 9 nitrogen and oxygen atoms in total. The van der Waals surface area contributed by atoms with Gasteiger partial charge in [-0.25, -0.2) is 34.7 Å². The van der Waals surface area contributed by atoms with Crippen LogP contribution in [0.2, 0.25) is 0 Å². The number of nitriles is 1. The fourth-order valence-electron chi connectivity index (χ4n) is 5.85. The molecule has 9 heteroatoms. The van der Waals surface area contributed by atoms with Crippen molar-refractivity contribution < 1.29 is 0 Å². The van der Waals surface area contributed by atoms with Gasteiger partial charge in [-0.2, -0.15) is 5.26 Å². The number of hydrogen-bond donors (Lipinski definition) is 0. The van der Waals surface area contributed by atoms with Crippen molar-refractivity contribution in [3.05, 3.63) is 119 Å². The molecule has 0 bridgehead atoms. The second-order valence-corrected chi connectivity index (χ2v) is 10.8. The normalized spacial score (nSPS) is 11.1. The third-order valence-corrected chi connectivity index (χ3v) is 7.64. The van der Waals surface area contributed by atoms with Gasteiger partial charge in [-0.15, -0.1) is 0 Å².